The smallest absolute Gasteiger partial charge is 0.254 e. The second-order valence-electron chi connectivity index (χ2n) is 5.58. The number of hydrogen-bond donors (Lipinski definition) is 0. The predicted molar refractivity (Wildman–Crippen MR) is 89.8 cm³/mol. The summed E-state index contributed by atoms with van der Waals surface area (Å²) in [7, 11) is 0. The number of rotatable bonds is 2. The Balaban J connectivity index is 1.63. The van der Waals surface area contributed by atoms with Gasteiger partial charge < -0.3 is 9.47 Å². The first-order chi connectivity index (χ1) is 12.0. The zero-order valence-electron chi connectivity index (χ0n) is 13.1. The van der Waals surface area contributed by atoms with E-state index >= 15 is 0 Å². The van der Waals surface area contributed by atoms with Crippen molar-refractivity contribution in [1.82, 2.24) is 29.0 Å². The molecule has 3 heterocycles. The molecule has 0 unspecified atom stereocenters. The summed E-state index contributed by atoms with van der Waals surface area (Å²) in [5, 5.41) is 9.17. The Bertz CT molecular complexity index is 940. The number of benzene rings is 1. The largest absolute Gasteiger partial charge is 0.327 e. The summed E-state index contributed by atoms with van der Waals surface area (Å²) in [6.45, 7) is 2.91. The van der Waals surface area contributed by atoms with E-state index in [0.29, 0.717) is 35.3 Å². The lowest BCUT2D eigenvalue weighted by Gasteiger charge is -2.33. The molecule has 1 aliphatic heterocycles. The molecule has 3 aromatic rings. The van der Waals surface area contributed by atoms with Gasteiger partial charge in [-0.15, -0.1) is 10.2 Å². The van der Waals surface area contributed by atoms with E-state index in [0.717, 1.165) is 11.5 Å². The van der Waals surface area contributed by atoms with Crippen LogP contribution in [0.3, 0.4) is 0 Å². The Morgan fingerprint density at radius 2 is 2.04 bits per heavy atom. The molecule has 1 amide bonds. The van der Waals surface area contributed by atoms with E-state index in [4.69, 9.17) is 11.6 Å². The van der Waals surface area contributed by atoms with Crippen molar-refractivity contribution < 1.29 is 9.18 Å². The fourth-order valence-electron chi connectivity index (χ4n) is 2.88. The van der Waals surface area contributed by atoms with Crippen molar-refractivity contribution in [3.8, 4) is 10.8 Å². The van der Waals surface area contributed by atoms with Gasteiger partial charge in [0.15, 0.2) is 16.7 Å². The minimum Gasteiger partial charge on any atom is -0.327 e. The first kappa shape index (κ1) is 16.1. The lowest BCUT2D eigenvalue weighted by Crippen LogP contribution is -2.41. The number of carbonyl (C=O) groups excluding carboxylic acids is 1. The zero-order valence-corrected chi connectivity index (χ0v) is 14.6. The molecule has 0 saturated heterocycles. The van der Waals surface area contributed by atoms with Crippen LogP contribution >= 0.6 is 23.1 Å². The van der Waals surface area contributed by atoms with Crippen molar-refractivity contribution in [1.29, 1.82) is 0 Å². The van der Waals surface area contributed by atoms with Gasteiger partial charge in [-0.05, 0) is 54.3 Å². The van der Waals surface area contributed by atoms with Gasteiger partial charge in [0.05, 0.1) is 6.04 Å². The van der Waals surface area contributed by atoms with Gasteiger partial charge in [-0.2, -0.15) is 4.37 Å². The summed E-state index contributed by atoms with van der Waals surface area (Å²) in [4.78, 5) is 18.6. The van der Waals surface area contributed by atoms with E-state index in [1.807, 2.05) is 11.5 Å². The summed E-state index contributed by atoms with van der Waals surface area (Å²) in [6, 6.07) is 5.26. The number of fused-ring (bicyclic) bond motifs is 1. The lowest BCUT2D eigenvalue weighted by molar-refractivity contribution is 0.0638. The zero-order chi connectivity index (χ0) is 17.6. The van der Waals surface area contributed by atoms with Crippen LogP contribution in [0.1, 0.15) is 29.1 Å². The van der Waals surface area contributed by atoms with E-state index in [-0.39, 0.29) is 23.0 Å². The highest BCUT2D eigenvalue weighted by molar-refractivity contribution is 7.09. The number of nitrogens with zero attached hydrogens (tertiary/aromatic N) is 6. The average molecular weight is 379 g/mol. The SMILES string of the molecule is C[C@@H]1c2nnc(-c3nc(Cl)ns3)n2CCN1C(=O)c1ccc(F)cc1. The highest BCUT2D eigenvalue weighted by atomic mass is 35.5. The molecule has 0 fully saturated rings. The van der Waals surface area contributed by atoms with E-state index in [1.54, 1.807) is 4.90 Å². The molecule has 0 aliphatic carbocycles. The number of aromatic nitrogens is 5. The van der Waals surface area contributed by atoms with Crippen molar-refractivity contribution in [3.63, 3.8) is 0 Å². The van der Waals surface area contributed by atoms with Gasteiger partial charge in [0.2, 0.25) is 5.28 Å². The summed E-state index contributed by atoms with van der Waals surface area (Å²) >= 11 is 6.94. The third-order valence-electron chi connectivity index (χ3n) is 4.13. The molecule has 1 aliphatic rings. The van der Waals surface area contributed by atoms with Gasteiger partial charge in [-0.1, -0.05) is 0 Å². The summed E-state index contributed by atoms with van der Waals surface area (Å²) in [5.74, 6) is 0.730. The molecule has 0 bridgehead atoms. The molecule has 4 rings (SSSR count). The van der Waals surface area contributed by atoms with Crippen LogP contribution in [0.25, 0.3) is 10.8 Å². The summed E-state index contributed by atoms with van der Waals surface area (Å²) in [6.07, 6.45) is 0. The Labute approximate surface area is 151 Å². The first-order valence-electron chi connectivity index (χ1n) is 7.54. The van der Waals surface area contributed by atoms with Crippen LogP contribution in [-0.2, 0) is 6.54 Å². The molecule has 10 heteroatoms. The third kappa shape index (κ3) is 2.79. The summed E-state index contributed by atoms with van der Waals surface area (Å²) < 4.78 is 18.9. The van der Waals surface area contributed by atoms with Crippen molar-refractivity contribution in [2.45, 2.75) is 19.5 Å². The number of amides is 1. The molecule has 128 valence electrons. The van der Waals surface area contributed by atoms with Crippen molar-refractivity contribution in [2.75, 3.05) is 6.54 Å². The molecular weight excluding hydrogens is 367 g/mol. The molecule has 7 nitrogen and oxygen atoms in total. The second-order valence-corrected chi connectivity index (χ2v) is 6.67. The predicted octanol–water partition coefficient (Wildman–Crippen LogP) is 2.81. The van der Waals surface area contributed by atoms with Crippen LogP contribution in [-0.4, -0.2) is 41.5 Å². The van der Waals surface area contributed by atoms with Gasteiger partial charge in [-0.25, -0.2) is 9.37 Å². The van der Waals surface area contributed by atoms with E-state index in [1.165, 1.54) is 24.3 Å². The molecule has 0 saturated carbocycles. The Kier molecular flexibility index (Phi) is 3.97. The minimum absolute atomic E-state index is 0.165. The topological polar surface area (TPSA) is 76.8 Å². The van der Waals surface area contributed by atoms with Crippen LogP contribution in [0.2, 0.25) is 5.28 Å². The van der Waals surface area contributed by atoms with Crippen molar-refractivity contribution >= 4 is 29.0 Å². The Morgan fingerprint density at radius 3 is 2.72 bits per heavy atom. The third-order valence-corrected chi connectivity index (χ3v) is 5.11. The maximum atomic E-state index is 13.1. The van der Waals surface area contributed by atoms with E-state index in [9.17, 15) is 9.18 Å². The standard InChI is InChI=1S/C15H12ClFN6OS/c1-8-11-19-20-12(13-18-15(16)21-25-13)23(11)7-6-22(8)14(24)9-2-4-10(17)5-3-9/h2-5,8H,6-7H2,1H3/t8-/m1/s1. The Hall–Kier alpha value is -2.39. The molecule has 1 aromatic carbocycles. The number of halogens is 2. The van der Waals surface area contributed by atoms with Crippen molar-refractivity contribution in [2.24, 2.45) is 0 Å². The monoisotopic (exact) mass is 378 g/mol. The normalized spacial score (nSPS) is 16.8. The van der Waals surface area contributed by atoms with Crippen LogP contribution < -0.4 is 0 Å². The maximum Gasteiger partial charge on any atom is 0.254 e. The highest BCUT2D eigenvalue weighted by Crippen LogP contribution is 2.30. The van der Waals surface area contributed by atoms with Gasteiger partial charge in [-0.3, -0.25) is 4.79 Å². The van der Waals surface area contributed by atoms with Gasteiger partial charge in [0, 0.05) is 18.7 Å². The molecular formula is C15H12ClFN6OS. The second kappa shape index (κ2) is 6.16. The lowest BCUT2D eigenvalue weighted by atomic mass is 10.1. The molecule has 0 spiro atoms. The number of carbonyl (C=O) groups is 1. The quantitative estimate of drug-likeness (QED) is 0.685. The molecule has 1 atom stereocenters. The molecule has 25 heavy (non-hydrogen) atoms. The molecule has 0 N–H and O–H groups in total. The van der Waals surface area contributed by atoms with Gasteiger partial charge in [0.25, 0.3) is 5.91 Å². The minimum atomic E-state index is -0.372. The van der Waals surface area contributed by atoms with Crippen LogP contribution in [0.4, 0.5) is 4.39 Å². The maximum absolute atomic E-state index is 13.1. The van der Waals surface area contributed by atoms with Crippen LogP contribution in [0.5, 0.6) is 0 Å². The average Bonchev–Trinajstić information content (AvgIpc) is 3.21. The first-order valence-corrected chi connectivity index (χ1v) is 8.69. The van der Waals surface area contributed by atoms with Crippen molar-refractivity contribution in [3.05, 3.63) is 46.8 Å². The number of hydrogen-bond acceptors (Lipinski definition) is 6. The fraction of sp³-hybridized carbons (Fsp3) is 0.267. The highest BCUT2D eigenvalue weighted by Gasteiger charge is 2.32. The van der Waals surface area contributed by atoms with Gasteiger partial charge in [0.1, 0.15) is 5.82 Å². The van der Waals surface area contributed by atoms with Crippen LogP contribution in [0, 0.1) is 5.82 Å². The molecule has 2 aromatic heterocycles. The fourth-order valence-corrected chi connectivity index (χ4v) is 3.68. The van der Waals surface area contributed by atoms with Gasteiger partial charge >= 0.3 is 0 Å². The summed E-state index contributed by atoms with van der Waals surface area (Å²) in [5.41, 5.74) is 0.442. The van der Waals surface area contributed by atoms with E-state index < -0.39 is 0 Å². The van der Waals surface area contributed by atoms with E-state index in [2.05, 4.69) is 19.6 Å². The Morgan fingerprint density at radius 1 is 1.28 bits per heavy atom. The van der Waals surface area contributed by atoms with Crippen LogP contribution in [0.15, 0.2) is 24.3 Å². The molecule has 0 radical (unpaired) electrons.